The van der Waals surface area contributed by atoms with E-state index < -0.39 is 16.9 Å². The van der Waals surface area contributed by atoms with E-state index in [1.807, 2.05) is 20.0 Å². The molecule has 3 rings (SSSR count). The fourth-order valence-electron chi connectivity index (χ4n) is 3.60. The minimum absolute atomic E-state index is 0.0298. The molecule has 1 aliphatic rings. The minimum Gasteiger partial charge on any atom is -0.341 e. The summed E-state index contributed by atoms with van der Waals surface area (Å²) in [4.78, 5) is 41.9. The highest BCUT2D eigenvalue weighted by Crippen LogP contribution is 2.25. The maximum Gasteiger partial charge on any atom is 0.270 e. The molecule has 0 spiro atoms. The largest absolute Gasteiger partial charge is 0.341 e. The van der Waals surface area contributed by atoms with Crippen molar-refractivity contribution in [1.82, 2.24) is 19.8 Å². The summed E-state index contributed by atoms with van der Waals surface area (Å²) in [5, 5.41) is 13.6. The molecule has 0 aliphatic carbocycles. The van der Waals surface area contributed by atoms with Crippen LogP contribution >= 0.6 is 11.6 Å². The Labute approximate surface area is 179 Å². The molecular formula is C20H24ClN5O4. The van der Waals surface area contributed by atoms with E-state index in [1.165, 1.54) is 12.1 Å². The highest BCUT2D eigenvalue weighted by atomic mass is 35.5. The van der Waals surface area contributed by atoms with Gasteiger partial charge in [0.05, 0.1) is 21.8 Å². The molecule has 160 valence electrons. The van der Waals surface area contributed by atoms with Crippen LogP contribution in [-0.4, -0.2) is 50.3 Å². The summed E-state index contributed by atoms with van der Waals surface area (Å²) in [5.74, 6) is -0.805. The van der Waals surface area contributed by atoms with Gasteiger partial charge in [0.2, 0.25) is 5.91 Å². The molecule has 2 aromatic rings. The lowest BCUT2D eigenvalue weighted by Crippen LogP contribution is -2.53. The number of nitrogens with one attached hydrogen (secondary N) is 1. The summed E-state index contributed by atoms with van der Waals surface area (Å²) in [6, 6.07) is 3.24. The first-order chi connectivity index (χ1) is 14.3. The van der Waals surface area contributed by atoms with Gasteiger partial charge in [0.15, 0.2) is 0 Å². The number of halogens is 1. The van der Waals surface area contributed by atoms with E-state index in [9.17, 15) is 19.7 Å². The number of nitrogens with zero attached hydrogens (tertiary/aromatic N) is 4. The predicted octanol–water partition coefficient (Wildman–Crippen LogP) is 3.06. The first-order valence-corrected chi connectivity index (χ1v) is 10.2. The van der Waals surface area contributed by atoms with Crippen molar-refractivity contribution in [2.45, 2.75) is 38.8 Å². The molecule has 1 aromatic carbocycles. The van der Waals surface area contributed by atoms with E-state index in [4.69, 9.17) is 11.6 Å². The molecule has 1 aromatic heterocycles. The summed E-state index contributed by atoms with van der Waals surface area (Å²) in [6.07, 6.45) is 7.08. The maximum absolute atomic E-state index is 13.1. The van der Waals surface area contributed by atoms with Crippen LogP contribution in [0.25, 0.3) is 0 Å². The number of aromatic nitrogens is 2. The number of amides is 2. The third-order valence-corrected chi connectivity index (χ3v) is 5.66. The molecule has 1 aliphatic heterocycles. The molecule has 0 saturated carbocycles. The number of nitro benzene ring substituents is 1. The number of carbonyl (C=O) groups excluding carboxylic acids is 2. The first kappa shape index (κ1) is 21.8. The Morgan fingerprint density at radius 1 is 1.30 bits per heavy atom. The molecule has 1 saturated heterocycles. The molecule has 10 heteroatoms. The third-order valence-electron chi connectivity index (χ3n) is 5.35. The second-order valence-electron chi connectivity index (χ2n) is 7.68. The number of likely N-dealkylation sites (tertiary alicyclic amines) is 1. The monoisotopic (exact) mass is 433 g/mol. The number of piperidine rings is 1. The van der Waals surface area contributed by atoms with Gasteiger partial charge in [-0.3, -0.25) is 19.7 Å². The van der Waals surface area contributed by atoms with Gasteiger partial charge >= 0.3 is 0 Å². The van der Waals surface area contributed by atoms with Gasteiger partial charge in [0, 0.05) is 43.7 Å². The van der Waals surface area contributed by atoms with Crippen molar-refractivity contribution in [2.24, 2.45) is 5.92 Å². The van der Waals surface area contributed by atoms with Crippen molar-refractivity contribution in [1.29, 1.82) is 0 Å². The molecule has 2 amide bonds. The summed E-state index contributed by atoms with van der Waals surface area (Å²) < 4.78 is 2.06. The number of rotatable bonds is 6. The first-order valence-electron chi connectivity index (χ1n) is 9.79. The van der Waals surface area contributed by atoms with E-state index in [-0.39, 0.29) is 28.1 Å². The van der Waals surface area contributed by atoms with Crippen molar-refractivity contribution in [3.8, 4) is 0 Å². The standard InChI is InChI=1S/C20H24ClN5O4/c1-13(2)18(23-19(27)16-4-3-15(26(29)30)11-17(16)21)20(28)24-8-5-14(6-9-24)25-10-7-22-12-25/h3-4,7,10-14,18H,5-6,8-9H2,1-2H3,(H,23,27). The molecular weight excluding hydrogens is 410 g/mol. The Hall–Kier alpha value is -2.94. The van der Waals surface area contributed by atoms with Gasteiger partial charge in [-0.2, -0.15) is 0 Å². The number of hydrogen-bond donors (Lipinski definition) is 1. The summed E-state index contributed by atoms with van der Waals surface area (Å²) in [5.41, 5.74) is -0.103. The smallest absolute Gasteiger partial charge is 0.270 e. The lowest BCUT2D eigenvalue weighted by Gasteiger charge is -2.35. The van der Waals surface area contributed by atoms with E-state index in [0.717, 1.165) is 18.9 Å². The fraction of sp³-hybridized carbons (Fsp3) is 0.450. The maximum atomic E-state index is 13.1. The van der Waals surface area contributed by atoms with Crippen LogP contribution in [0.15, 0.2) is 36.9 Å². The van der Waals surface area contributed by atoms with Gasteiger partial charge in [-0.05, 0) is 24.8 Å². The Balaban J connectivity index is 1.66. The Bertz CT molecular complexity index is 923. The van der Waals surface area contributed by atoms with Crippen LogP contribution in [0.1, 0.15) is 43.1 Å². The molecule has 1 N–H and O–H groups in total. The SMILES string of the molecule is CC(C)C(NC(=O)c1ccc([N+](=O)[O-])cc1Cl)C(=O)N1CCC(n2ccnc2)CC1. The van der Waals surface area contributed by atoms with Crippen molar-refractivity contribution in [2.75, 3.05) is 13.1 Å². The van der Waals surface area contributed by atoms with Gasteiger partial charge in [-0.25, -0.2) is 4.98 Å². The average molecular weight is 434 g/mol. The van der Waals surface area contributed by atoms with Crippen molar-refractivity contribution in [3.05, 3.63) is 57.6 Å². The molecule has 1 unspecified atom stereocenters. The van der Waals surface area contributed by atoms with Crippen molar-refractivity contribution in [3.63, 3.8) is 0 Å². The van der Waals surface area contributed by atoms with Crippen molar-refractivity contribution >= 4 is 29.1 Å². The zero-order valence-electron chi connectivity index (χ0n) is 16.8. The van der Waals surface area contributed by atoms with E-state index in [2.05, 4.69) is 14.9 Å². The zero-order chi connectivity index (χ0) is 21.8. The van der Waals surface area contributed by atoms with Crippen LogP contribution in [0.5, 0.6) is 0 Å². The second-order valence-corrected chi connectivity index (χ2v) is 8.09. The highest BCUT2D eigenvalue weighted by Gasteiger charge is 2.32. The molecule has 0 radical (unpaired) electrons. The number of imidazole rings is 1. The van der Waals surface area contributed by atoms with Gasteiger partial charge in [-0.15, -0.1) is 0 Å². The second kappa shape index (κ2) is 9.25. The number of carbonyl (C=O) groups is 2. The fourth-order valence-corrected chi connectivity index (χ4v) is 3.86. The number of non-ortho nitro benzene ring substituents is 1. The Morgan fingerprint density at radius 3 is 2.53 bits per heavy atom. The molecule has 30 heavy (non-hydrogen) atoms. The number of hydrogen-bond acceptors (Lipinski definition) is 5. The van der Waals surface area contributed by atoms with Gasteiger partial charge in [-0.1, -0.05) is 25.4 Å². The third kappa shape index (κ3) is 4.79. The molecule has 1 atom stereocenters. The van der Waals surface area contributed by atoms with Crippen LogP contribution in [0, 0.1) is 16.0 Å². The van der Waals surface area contributed by atoms with Crippen molar-refractivity contribution < 1.29 is 14.5 Å². The lowest BCUT2D eigenvalue weighted by atomic mass is 9.99. The lowest BCUT2D eigenvalue weighted by molar-refractivity contribution is -0.384. The van der Waals surface area contributed by atoms with Crippen LogP contribution in [-0.2, 0) is 4.79 Å². The molecule has 9 nitrogen and oxygen atoms in total. The van der Waals surface area contributed by atoms with Gasteiger partial charge in [0.25, 0.3) is 11.6 Å². The summed E-state index contributed by atoms with van der Waals surface area (Å²) in [7, 11) is 0. The number of benzene rings is 1. The predicted molar refractivity (Wildman–Crippen MR) is 111 cm³/mol. The normalized spacial score (nSPS) is 15.8. The summed E-state index contributed by atoms with van der Waals surface area (Å²) >= 11 is 6.06. The topological polar surface area (TPSA) is 110 Å². The van der Waals surface area contributed by atoms with Gasteiger partial charge in [0.1, 0.15) is 6.04 Å². The van der Waals surface area contributed by atoms with E-state index in [1.54, 1.807) is 17.4 Å². The van der Waals surface area contributed by atoms with Gasteiger partial charge < -0.3 is 14.8 Å². The highest BCUT2D eigenvalue weighted by molar-refractivity contribution is 6.34. The van der Waals surface area contributed by atoms with E-state index in [0.29, 0.717) is 19.1 Å². The average Bonchev–Trinajstić information content (AvgIpc) is 3.26. The molecule has 2 heterocycles. The Morgan fingerprint density at radius 2 is 2.00 bits per heavy atom. The van der Waals surface area contributed by atoms with Crippen LogP contribution in [0.4, 0.5) is 5.69 Å². The minimum atomic E-state index is -0.714. The quantitative estimate of drug-likeness (QED) is 0.556. The number of nitro groups is 1. The van der Waals surface area contributed by atoms with Crippen LogP contribution in [0.2, 0.25) is 5.02 Å². The van der Waals surface area contributed by atoms with Crippen LogP contribution in [0.3, 0.4) is 0 Å². The Kier molecular flexibility index (Phi) is 6.71. The molecule has 0 bridgehead atoms. The van der Waals surface area contributed by atoms with E-state index >= 15 is 0 Å². The zero-order valence-corrected chi connectivity index (χ0v) is 17.6. The summed E-state index contributed by atoms with van der Waals surface area (Å²) in [6.45, 7) is 4.91. The van der Waals surface area contributed by atoms with Crippen LogP contribution < -0.4 is 5.32 Å². The molecule has 1 fully saturated rings.